The molecule has 0 spiro atoms. The average Bonchev–Trinajstić information content (AvgIpc) is 3.14. The summed E-state index contributed by atoms with van der Waals surface area (Å²) >= 11 is 12.7. The zero-order valence-corrected chi connectivity index (χ0v) is 17.9. The topological polar surface area (TPSA) is 68.8 Å². The first kappa shape index (κ1) is 20.4. The van der Waals surface area contributed by atoms with Crippen LogP contribution < -0.4 is 4.90 Å². The standard InChI is InChI=1S/C22H20Cl2N4O2/c1-14-13-25-21(16-4-2-3-5-17(16)23)20(14)22(29)28-10-8-27(9-11-28)19-7-6-15(26-30)12-18(19)24/h2-7,12-13,25H,8-11H2,1H3. The summed E-state index contributed by atoms with van der Waals surface area (Å²) in [7, 11) is 0. The number of carbonyl (C=O) groups is 1. The van der Waals surface area contributed by atoms with Gasteiger partial charge in [0.2, 0.25) is 0 Å². The Morgan fingerprint density at radius 2 is 1.77 bits per heavy atom. The molecule has 0 bridgehead atoms. The number of nitrogens with zero attached hydrogens (tertiary/aromatic N) is 3. The summed E-state index contributed by atoms with van der Waals surface area (Å²) in [5.74, 6) is -0.0186. The molecule has 1 N–H and O–H groups in total. The molecular weight excluding hydrogens is 423 g/mol. The fraction of sp³-hybridized carbons (Fsp3) is 0.227. The fourth-order valence-corrected chi connectivity index (χ4v) is 4.32. The van der Waals surface area contributed by atoms with Gasteiger partial charge in [0.25, 0.3) is 5.91 Å². The molecule has 4 rings (SSSR count). The maximum atomic E-state index is 13.4. The molecule has 1 amide bonds. The van der Waals surface area contributed by atoms with E-state index in [1.54, 1.807) is 18.2 Å². The molecule has 1 fully saturated rings. The van der Waals surface area contributed by atoms with Gasteiger partial charge in [-0.15, -0.1) is 4.91 Å². The van der Waals surface area contributed by atoms with Crippen molar-refractivity contribution in [1.82, 2.24) is 9.88 Å². The van der Waals surface area contributed by atoms with Crippen LogP contribution in [-0.4, -0.2) is 42.0 Å². The molecule has 0 aliphatic carbocycles. The van der Waals surface area contributed by atoms with E-state index in [0.717, 1.165) is 22.5 Å². The van der Waals surface area contributed by atoms with Gasteiger partial charge < -0.3 is 14.8 Å². The van der Waals surface area contributed by atoms with E-state index in [0.29, 0.717) is 47.5 Å². The van der Waals surface area contributed by atoms with Gasteiger partial charge in [0, 0.05) is 43.0 Å². The molecule has 0 unspecified atom stereocenters. The van der Waals surface area contributed by atoms with E-state index in [1.165, 1.54) is 0 Å². The van der Waals surface area contributed by atoms with Crippen molar-refractivity contribution in [2.45, 2.75) is 6.92 Å². The third-order valence-electron chi connectivity index (χ3n) is 5.38. The summed E-state index contributed by atoms with van der Waals surface area (Å²) in [6, 6.07) is 12.5. The van der Waals surface area contributed by atoms with Gasteiger partial charge in [0.15, 0.2) is 0 Å². The third kappa shape index (κ3) is 3.80. The molecule has 3 aromatic rings. The van der Waals surface area contributed by atoms with Crippen LogP contribution in [0.15, 0.2) is 53.8 Å². The summed E-state index contributed by atoms with van der Waals surface area (Å²) in [6.07, 6.45) is 1.84. The summed E-state index contributed by atoms with van der Waals surface area (Å²) in [6.45, 7) is 4.34. The quantitative estimate of drug-likeness (QED) is 0.530. The second-order valence-corrected chi connectivity index (χ2v) is 8.02. The van der Waals surface area contributed by atoms with Crippen molar-refractivity contribution in [2.75, 3.05) is 31.1 Å². The van der Waals surface area contributed by atoms with E-state index < -0.39 is 0 Å². The van der Waals surface area contributed by atoms with Crippen molar-refractivity contribution < 1.29 is 4.79 Å². The Labute approximate surface area is 184 Å². The van der Waals surface area contributed by atoms with Crippen molar-refractivity contribution in [1.29, 1.82) is 0 Å². The van der Waals surface area contributed by atoms with Crippen LogP contribution >= 0.6 is 23.2 Å². The van der Waals surface area contributed by atoms with Crippen LogP contribution in [0.25, 0.3) is 11.3 Å². The minimum atomic E-state index is -0.0186. The molecule has 6 nitrogen and oxygen atoms in total. The largest absolute Gasteiger partial charge is 0.367 e. The van der Waals surface area contributed by atoms with Crippen LogP contribution in [0, 0.1) is 11.8 Å². The van der Waals surface area contributed by atoms with Gasteiger partial charge in [-0.2, -0.15) is 0 Å². The Morgan fingerprint density at radius 3 is 2.43 bits per heavy atom. The molecule has 0 radical (unpaired) electrons. The number of hydrogen-bond acceptors (Lipinski definition) is 4. The third-order valence-corrected chi connectivity index (χ3v) is 6.01. The van der Waals surface area contributed by atoms with Gasteiger partial charge in [-0.05, 0) is 41.9 Å². The number of aromatic nitrogens is 1. The first-order valence-electron chi connectivity index (χ1n) is 9.59. The summed E-state index contributed by atoms with van der Waals surface area (Å²) < 4.78 is 0. The molecule has 1 aromatic heterocycles. The Hall–Kier alpha value is -2.83. The number of carbonyl (C=O) groups excluding carboxylic acids is 1. The van der Waals surface area contributed by atoms with E-state index in [9.17, 15) is 9.70 Å². The molecule has 1 aliphatic rings. The number of aryl methyl sites for hydroxylation is 1. The highest BCUT2D eigenvalue weighted by Crippen LogP contribution is 2.33. The number of rotatable bonds is 4. The van der Waals surface area contributed by atoms with Crippen LogP contribution in [0.2, 0.25) is 10.0 Å². The van der Waals surface area contributed by atoms with Crippen LogP contribution in [0.1, 0.15) is 15.9 Å². The second-order valence-electron chi connectivity index (χ2n) is 7.21. The number of H-pyrrole nitrogens is 1. The van der Waals surface area contributed by atoms with Crippen LogP contribution in [0.5, 0.6) is 0 Å². The monoisotopic (exact) mass is 442 g/mol. The molecule has 1 aliphatic heterocycles. The smallest absolute Gasteiger partial charge is 0.256 e. The van der Waals surface area contributed by atoms with Crippen molar-refractivity contribution in [2.24, 2.45) is 5.18 Å². The average molecular weight is 443 g/mol. The van der Waals surface area contributed by atoms with Crippen LogP contribution in [0.3, 0.4) is 0 Å². The first-order chi connectivity index (χ1) is 14.5. The van der Waals surface area contributed by atoms with Gasteiger partial charge >= 0.3 is 0 Å². The number of benzene rings is 2. The summed E-state index contributed by atoms with van der Waals surface area (Å²) in [5.41, 5.74) is 4.22. The lowest BCUT2D eigenvalue weighted by atomic mass is 10.0. The number of amides is 1. The Bertz CT molecular complexity index is 1100. The van der Waals surface area contributed by atoms with Gasteiger partial charge in [0.05, 0.1) is 22.0 Å². The second kappa shape index (κ2) is 8.50. The Morgan fingerprint density at radius 1 is 1.03 bits per heavy atom. The maximum absolute atomic E-state index is 13.4. The number of hydrogen-bond donors (Lipinski definition) is 1. The Kier molecular flexibility index (Phi) is 5.79. The zero-order valence-electron chi connectivity index (χ0n) is 16.4. The van der Waals surface area contributed by atoms with Gasteiger partial charge in [-0.3, -0.25) is 4.79 Å². The lowest BCUT2D eigenvalue weighted by Crippen LogP contribution is -2.49. The minimum Gasteiger partial charge on any atom is -0.367 e. The van der Waals surface area contributed by atoms with E-state index in [4.69, 9.17) is 23.2 Å². The lowest BCUT2D eigenvalue weighted by molar-refractivity contribution is 0.0747. The molecule has 0 saturated carbocycles. The van der Waals surface area contributed by atoms with Crippen molar-refractivity contribution in [3.63, 3.8) is 0 Å². The number of piperazine rings is 1. The predicted octanol–water partition coefficient (Wildman–Crippen LogP) is 5.66. The van der Waals surface area contributed by atoms with Gasteiger partial charge in [-0.1, -0.05) is 41.4 Å². The van der Waals surface area contributed by atoms with E-state index in [-0.39, 0.29) is 5.91 Å². The molecule has 2 heterocycles. The number of aromatic amines is 1. The van der Waals surface area contributed by atoms with Crippen molar-refractivity contribution >= 4 is 40.5 Å². The molecule has 30 heavy (non-hydrogen) atoms. The number of anilines is 1. The number of halogens is 2. The van der Waals surface area contributed by atoms with Crippen molar-refractivity contribution in [3.8, 4) is 11.3 Å². The summed E-state index contributed by atoms with van der Waals surface area (Å²) in [5, 5.41) is 3.99. The normalized spacial score (nSPS) is 14.1. The first-order valence-corrected chi connectivity index (χ1v) is 10.3. The maximum Gasteiger partial charge on any atom is 0.256 e. The van der Waals surface area contributed by atoms with Crippen molar-refractivity contribution in [3.05, 3.63) is 74.7 Å². The molecule has 0 atom stereocenters. The van der Waals surface area contributed by atoms with E-state index in [1.807, 2.05) is 42.3 Å². The van der Waals surface area contributed by atoms with Crippen LogP contribution in [0.4, 0.5) is 11.4 Å². The molecule has 154 valence electrons. The van der Waals surface area contributed by atoms with E-state index in [2.05, 4.69) is 15.1 Å². The highest BCUT2D eigenvalue weighted by atomic mass is 35.5. The minimum absolute atomic E-state index is 0.0186. The fourth-order valence-electron chi connectivity index (χ4n) is 3.79. The zero-order chi connectivity index (χ0) is 21.3. The lowest BCUT2D eigenvalue weighted by Gasteiger charge is -2.36. The predicted molar refractivity (Wildman–Crippen MR) is 121 cm³/mol. The van der Waals surface area contributed by atoms with Crippen LogP contribution in [-0.2, 0) is 0 Å². The molecule has 2 aromatic carbocycles. The Balaban J connectivity index is 1.53. The molecule has 8 heteroatoms. The summed E-state index contributed by atoms with van der Waals surface area (Å²) in [4.78, 5) is 31.2. The van der Waals surface area contributed by atoms with E-state index >= 15 is 0 Å². The van der Waals surface area contributed by atoms with Gasteiger partial charge in [-0.25, -0.2) is 0 Å². The SMILES string of the molecule is Cc1c[nH]c(-c2ccccc2Cl)c1C(=O)N1CCN(c2ccc(N=O)cc2Cl)CC1. The number of nitrogens with one attached hydrogen (secondary N) is 1. The molecular formula is C22H20Cl2N4O2. The van der Waals surface area contributed by atoms with Gasteiger partial charge in [0.1, 0.15) is 5.69 Å². The molecule has 1 saturated heterocycles. The number of nitroso groups, excluding NO2 is 1. The highest BCUT2D eigenvalue weighted by molar-refractivity contribution is 6.34. The highest BCUT2D eigenvalue weighted by Gasteiger charge is 2.27.